The number of amides is 1. The monoisotopic (exact) mass is 408 g/mol. The summed E-state index contributed by atoms with van der Waals surface area (Å²) in [5.41, 5.74) is 0.346. The average molecular weight is 408 g/mol. The van der Waals surface area contributed by atoms with E-state index in [2.05, 4.69) is 15.5 Å². The first-order valence-corrected chi connectivity index (χ1v) is 8.70. The molecule has 2 heterocycles. The summed E-state index contributed by atoms with van der Waals surface area (Å²) in [6.07, 6.45) is -2.90. The van der Waals surface area contributed by atoms with E-state index >= 15 is 0 Å². The van der Waals surface area contributed by atoms with E-state index in [1.165, 1.54) is 24.7 Å². The van der Waals surface area contributed by atoms with Gasteiger partial charge in [0.2, 0.25) is 5.91 Å². The number of carbonyl (C=O) groups excluding carboxylic acids is 1. The van der Waals surface area contributed by atoms with Crippen LogP contribution in [0.4, 0.5) is 13.2 Å². The Bertz CT molecular complexity index is 1020. The Labute approximate surface area is 164 Å². The van der Waals surface area contributed by atoms with Gasteiger partial charge in [0.05, 0.1) is 26.3 Å². The first-order valence-electron chi connectivity index (χ1n) is 8.70. The number of hydrogen-bond acceptors (Lipinski definition) is 5. The van der Waals surface area contributed by atoms with Gasteiger partial charge in [-0.1, -0.05) is 6.07 Å². The maximum absolute atomic E-state index is 12.9. The van der Waals surface area contributed by atoms with Crippen molar-refractivity contribution >= 4 is 11.6 Å². The highest BCUT2D eigenvalue weighted by molar-refractivity contribution is 5.76. The van der Waals surface area contributed by atoms with Gasteiger partial charge in [0, 0.05) is 12.6 Å². The second-order valence-electron chi connectivity index (χ2n) is 6.23. The van der Waals surface area contributed by atoms with Crippen molar-refractivity contribution in [2.45, 2.75) is 25.6 Å². The van der Waals surface area contributed by atoms with Crippen LogP contribution in [-0.2, 0) is 23.9 Å². The van der Waals surface area contributed by atoms with Crippen molar-refractivity contribution in [1.29, 1.82) is 0 Å². The van der Waals surface area contributed by atoms with E-state index in [4.69, 9.17) is 9.47 Å². The molecule has 1 amide bonds. The molecule has 0 aliphatic carbocycles. The van der Waals surface area contributed by atoms with E-state index in [1.807, 2.05) is 6.07 Å². The number of ether oxygens (including phenoxy) is 2. The first kappa shape index (κ1) is 20.4. The first-order chi connectivity index (χ1) is 13.8. The number of methoxy groups -OCH3 is 2. The molecule has 0 saturated carbocycles. The van der Waals surface area contributed by atoms with Crippen molar-refractivity contribution in [2.24, 2.45) is 0 Å². The Morgan fingerprint density at radius 1 is 1.10 bits per heavy atom. The third kappa shape index (κ3) is 4.76. The van der Waals surface area contributed by atoms with Crippen molar-refractivity contribution in [3.8, 4) is 11.5 Å². The highest BCUT2D eigenvalue weighted by atomic mass is 19.4. The number of rotatable bonds is 7. The van der Waals surface area contributed by atoms with Gasteiger partial charge in [0.1, 0.15) is 0 Å². The fourth-order valence-electron chi connectivity index (χ4n) is 2.79. The molecule has 1 aromatic carbocycles. The minimum absolute atomic E-state index is 0.0345. The molecule has 1 N–H and O–H groups in total. The molecule has 0 unspecified atom stereocenters. The zero-order valence-electron chi connectivity index (χ0n) is 15.8. The van der Waals surface area contributed by atoms with E-state index in [0.717, 1.165) is 17.8 Å². The molecular weight excluding hydrogens is 389 g/mol. The van der Waals surface area contributed by atoms with Gasteiger partial charge in [-0.25, -0.2) is 0 Å². The number of carbonyl (C=O) groups is 1. The molecule has 0 fully saturated rings. The van der Waals surface area contributed by atoms with Crippen LogP contribution in [0.3, 0.4) is 0 Å². The second-order valence-corrected chi connectivity index (χ2v) is 6.23. The third-order valence-corrected chi connectivity index (χ3v) is 4.33. The fourth-order valence-corrected chi connectivity index (χ4v) is 2.79. The smallest absolute Gasteiger partial charge is 0.417 e. The molecule has 10 heteroatoms. The number of nitrogens with zero attached hydrogens (tertiary/aromatic N) is 3. The summed E-state index contributed by atoms with van der Waals surface area (Å²) >= 11 is 0. The quantitative estimate of drug-likeness (QED) is 0.650. The van der Waals surface area contributed by atoms with E-state index in [-0.39, 0.29) is 30.3 Å². The summed E-state index contributed by atoms with van der Waals surface area (Å²) < 4.78 is 50.3. The van der Waals surface area contributed by atoms with Crippen LogP contribution in [0, 0.1) is 0 Å². The molecule has 29 heavy (non-hydrogen) atoms. The van der Waals surface area contributed by atoms with Gasteiger partial charge in [-0.2, -0.15) is 13.2 Å². The molecular formula is C19H19F3N4O3. The van der Waals surface area contributed by atoms with Crippen LogP contribution >= 0.6 is 0 Å². The molecule has 0 aliphatic heterocycles. The van der Waals surface area contributed by atoms with Crippen LogP contribution in [-0.4, -0.2) is 34.7 Å². The summed E-state index contributed by atoms with van der Waals surface area (Å²) in [6.45, 7) is -0.0345. The van der Waals surface area contributed by atoms with Crippen molar-refractivity contribution in [1.82, 2.24) is 19.9 Å². The van der Waals surface area contributed by atoms with Crippen molar-refractivity contribution in [3.05, 3.63) is 53.5 Å². The zero-order chi connectivity index (χ0) is 21.0. The molecule has 0 spiro atoms. The predicted molar refractivity (Wildman–Crippen MR) is 97.7 cm³/mol. The number of aromatic nitrogens is 3. The molecule has 3 rings (SSSR count). The Morgan fingerprint density at radius 3 is 2.55 bits per heavy atom. The van der Waals surface area contributed by atoms with E-state index in [0.29, 0.717) is 17.9 Å². The largest absolute Gasteiger partial charge is 0.493 e. The van der Waals surface area contributed by atoms with E-state index < -0.39 is 11.7 Å². The van der Waals surface area contributed by atoms with Gasteiger partial charge in [0.15, 0.2) is 23.0 Å². The SMILES string of the molecule is COc1ccc(CCC(=O)NCc2nnc3ccc(C(F)(F)F)cn23)cc1OC. The zero-order valence-corrected chi connectivity index (χ0v) is 15.8. The topological polar surface area (TPSA) is 77.8 Å². The summed E-state index contributed by atoms with van der Waals surface area (Å²) in [4.78, 5) is 12.1. The van der Waals surface area contributed by atoms with Crippen LogP contribution in [0.5, 0.6) is 11.5 Å². The lowest BCUT2D eigenvalue weighted by Gasteiger charge is -2.10. The lowest BCUT2D eigenvalue weighted by Crippen LogP contribution is -2.24. The number of alkyl halides is 3. The molecule has 2 aromatic heterocycles. The average Bonchev–Trinajstić information content (AvgIpc) is 3.12. The molecule has 0 radical (unpaired) electrons. The normalized spacial score (nSPS) is 11.5. The minimum atomic E-state index is -4.47. The van der Waals surface area contributed by atoms with Gasteiger partial charge in [-0.3, -0.25) is 9.20 Å². The second kappa shape index (κ2) is 8.38. The van der Waals surface area contributed by atoms with Crippen LogP contribution in [0.25, 0.3) is 5.65 Å². The summed E-state index contributed by atoms with van der Waals surface area (Å²) in [6, 6.07) is 7.55. The Morgan fingerprint density at radius 2 is 1.86 bits per heavy atom. The Hall–Kier alpha value is -3.30. The van der Waals surface area contributed by atoms with E-state index in [1.54, 1.807) is 12.1 Å². The lowest BCUT2D eigenvalue weighted by molar-refractivity contribution is -0.137. The van der Waals surface area contributed by atoms with Gasteiger partial charge < -0.3 is 14.8 Å². The summed E-state index contributed by atoms with van der Waals surface area (Å²) in [5.74, 6) is 1.12. The number of halogens is 3. The summed E-state index contributed by atoms with van der Waals surface area (Å²) in [5, 5.41) is 10.3. The molecule has 0 atom stereocenters. The Balaban J connectivity index is 1.61. The molecule has 0 saturated heterocycles. The van der Waals surface area contributed by atoms with Crippen LogP contribution in [0.2, 0.25) is 0 Å². The van der Waals surface area contributed by atoms with Crippen molar-refractivity contribution in [2.75, 3.05) is 14.2 Å². The van der Waals surface area contributed by atoms with Crippen molar-refractivity contribution in [3.63, 3.8) is 0 Å². The van der Waals surface area contributed by atoms with Crippen LogP contribution in [0.1, 0.15) is 23.4 Å². The molecule has 0 aliphatic rings. The fraction of sp³-hybridized carbons (Fsp3) is 0.316. The van der Waals surface area contributed by atoms with Gasteiger partial charge >= 0.3 is 6.18 Å². The molecule has 3 aromatic rings. The highest BCUT2D eigenvalue weighted by Gasteiger charge is 2.31. The number of benzene rings is 1. The Kier molecular flexibility index (Phi) is 5.90. The molecule has 7 nitrogen and oxygen atoms in total. The number of nitrogens with one attached hydrogen (secondary N) is 1. The highest BCUT2D eigenvalue weighted by Crippen LogP contribution is 2.29. The third-order valence-electron chi connectivity index (χ3n) is 4.33. The van der Waals surface area contributed by atoms with Crippen molar-refractivity contribution < 1.29 is 27.4 Å². The molecule has 0 bridgehead atoms. The summed E-state index contributed by atoms with van der Waals surface area (Å²) in [7, 11) is 3.07. The standard InChI is InChI=1S/C19H19F3N4O3/c1-28-14-6-3-12(9-15(14)29-2)4-8-18(27)23-10-17-25-24-16-7-5-13(11-26(16)17)19(20,21)22/h3,5-7,9,11H,4,8,10H2,1-2H3,(H,23,27). The molecule has 154 valence electrons. The number of aryl methyl sites for hydroxylation is 1. The predicted octanol–water partition coefficient (Wildman–Crippen LogP) is 3.01. The van der Waals surface area contributed by atoms with E-state index in [9.17, 15) is 18.0 Å². The maximum Gasteiger partial charge on any atom is 0.417 e. The van der Waals surface area contributed by atoms with Gasteiger partial charge in [0.25, 0.3) is 0 Å². The number of fused-ring (bicyclic) bond motifs is 1. The number of hydrogen-bond donors (Lipinski definition) is 1. The maximum atomic E-state index is 12.9. The van der Waals surface area contributed by atoms with Gasteiger partial charge in [-0.05, 0) is 36.2 Å². The lowest BCUT2D eigenvalue weighted by atomic mass is 10.1. The minimum Gasteiger partial charge on any atom is -0.493 e. The van der Waals surface area contributed by atoms with Crippen LogP contribution < -0.4 is 14.8 Å². The van der Waals surface area contributed by atoms with Gasteiger partial charge in [-0.15, -0.1) is 10.2 Å². The van der Waals surface area contributed by atoms with Crippen LogP contribution in [0.15, 0.2) is 36.5 Å². The number of pyridine rings is 1.